The number of aromatic nitrogens is 1. The van der Waals surface area contributed by atoms with Crippen LogP contribution in [0.4, 0.5) is 0 Å². The van der Waals surface area contributed by atoms with Crippen molar-refractivity contribution < 1.29 is 9.47 Å². The van der Waals surface area contributed by atoms with Crippen LogP contribution in [-0.4, -0.2) is 18.2 Å². The van der Waals surface area contributed by atoms with Crippen molar-refractivity contribution >= 4 is 10.9 Å². The van der Waals surface area contributed by atoms with Gasteiger partial charge >= 0.3 is 0 Å². The van der Waals surface area contributed by atoms with E-state index in [1.165, 1.54) is 0 Å². The predicted octanol–water partition coefficient (Wildman–Crippen LogP) is 5.39. The van der Waals surface area contributed by atoms with Crippen LogP contribution in [0, 0.1) is 18.8 Å². The monoisotopic (exact) mass is 315 g/mol. The molecule has 0 radical (unpaired) electrons. The molecule has 0 unspecified atom stereocenters. The molecule has 1 aromatic heterocycles. The quantitative estimate of drug-likeness (QED) is 0.654. The second-order valence-electron chi connectivity index (χ2n) is 6.99. The maximum atomic E-state index is 6.03. The van der Waals surface area contributed by atoms with E-state index in [2.05, 4.69) is 51.7 Å². The minimum absolute atomic E-state index is 0.624. The molecule has 1 heterocycles. The summed E-state index contributed by atoms with van der Waals surface area (Å²) in [6, 6.07) is 8.12. The van der Waals surface area contributed by atoms with Gasteiger partial charge in [0.25, 0.3) is 0 Å². The Hall–Kier alpha value is -1.77. The molecular weight excluding hydrogens is 286 g/mol. The van der Waals surface area contributed by atoms with Crippen molar-refractivity contribution in [3.8, 4) is 11.6 Å². The van der Waals surface area contributed by atoms with Gasteiger partial charge in [-0.25, -0.2) is 4.98 Å². The number of para-hydroxylation sites is 1. The van der Waals surface area contributed by atoms with Crippen LogP contribution in [-0.2, 0) is 0 Å². The van der Waals surface area contributed by atoms with Gasteiger partial charge < -0.3 is 9.47 Å². The van der Waals surface area contributed by atoms with E-state index in [1.807, 2.05) is 12.1 Å². The van der Waals surface area contributed by atoms with E-state index in [0.29, 0.717) is 24.3 Å². The number of rotatable bonds is 8. The third kappa shape index (κ3) is 5.12. The van der Waals surface area contributed by atoms with Gasteiger partial charge in [0.05, 0.1) is 18.7 Å². The lowest BCUT2D eigenvalue weighted by Gasteiger charge is -2.14. The fourth-order valence-electron chi connectivity index (χ4n) is 2.34. The molecule has 0 aliphatic carbocycles. The SMILES string of the molecule is Cc1cccc2c(OCCC(C)C)cc(OCCC(C)C)nc12. The zero-order chi connectivity index (χ0) is 16.8. The van der Waals surface area contributed by atoms with Crippen molar-refractivity contribution in [2.75, 3.05) is 13.2 Å². The van der Waals surface area contributed by atoms with Crippen LogP contribution in [0.25, 0.3) is 10.9 Å². The van der Waals surface area contributed by atoms with Gasteiger partial charge in [0.15, 0.2) is 0 Å². The van der Waals surface area contributed by atoms with Crippen LogP contribution in [0.2, 0.25) is 0 Å². The number of benzene rings is 1. The zero-order valence-electron chi connectivity index (χ0n) is 15.1. The molecule has 2 rings (SSSR count). The summed E-state index contributed by atoms with van der Waals surface area (Å²) >= 11 is 0. The molecule has 126 valence electrons. The summed E-state index contributed by atoms with van der Waals surface area (Å²) in [6.45, 7) is 12.3. The second-order valence-corrected chi connectivity index (χ2v) is 6.99. The molecule has 0 aliphatic rings. The van der Waals surface area contributed by atoms with E-state index in [-0.39, 0.29) is 0 Å². The maximum absolute atomic E-state index is 6.03. The van der Waals surface area contributed by atoms with E-state index >= 15 is 0 Å². The van der Waals surface area contributed by atoms with Gasteiger partial charge in [0.1, 0.15) is 5.75 Å². The van der Waals surface area contributed by atoms with Gasteiger partial charge in [0, 0.05) is 11.5 Å². The summed E-state index contributed by atoms with van der Waals surface area (Å²) in [5, 5.41) is 1.06. The Morgan fingerprint density at radius 2 is 1.61 bits per heavy atom. The van der Waals surface area contributed by atoms with Crippen LogP contribution < -0.4 is 9.47 Å². The Kier molecular flexibility index (Phi) is 6.26. The highest BCUT2D eigenvalue weighted by Crippen LogP contribution is 2.30. The summed E-state index contributed by atoms with van der Waals surface area (Å²) in [5.74, 6) is 2.79. The van der Waals surface area contributed by atoms with Crippen molar-refractivity contribution in [3.63, 3.8) is 0 Å². The number of hydrogen-bond acceptors (Lipinski definition) is 3. The van der Waals surface area contributed by atoms with Gasteiger partial charge in [-0.3, -0.25) is 0 Å². The molecule has 0 aliphatic heterocycles. The fourth-order valence-corrected chi connectivity index (χ4v) is 2.34. The van der Waals surface area contributed by atoms with E-state index in [0.717, 1.165) is 41.7 Å². The summed E-state index contributed by atoms with van der Waals surface area (Å²) < 4.78 is 11.9. The van der Waals surface area contributed by atoms with Crippen molar-refractivity contribution in [1.29, 1.82) is 0 Å². The third-order valence-electron chi connectivity index (χ3n) is 3.88. The molecule has 0 amide bonds. The Bertz CT molecular complexity index is 635. The average molecular weight is 315 g/mol. The molecule has 3 nitrogen and oxygen atoms in total. The molecule has 0 saturated carbocycles. The smallest absolute Gasteiger partial charge is 0.217 e. The first-order valence-corrected chi connectivity index (χ1v) is 8.63. The zero-order valence-corrected chi connectivity index (χ0v) is 15.1. The summed E-state index contributed by atoms with van der Waals surface area (Å²) in [6.07, 6.45) is 2.07. The van der Waals surface area contributed by atoms with Gasteiger partial charge in [-0.15, -0.1) is 0 Å². The Labute approximate surface area is 140 Å². The first-order valence-electron chi connectivity index (χ1n) is 8.63. The number of aryl methyl sites for hydroxylation is 1. The number of ether oxygens (including phenoxy) is 2. The van der Waals surface area contributed by atoms with Crippen LogP contribution >= 0.6 is 0 Å². The Balaban J connectivity index is 2.24. The van der Waals surface area contributed by atoms with Crippen LogP contribution in [0.1, 0.15) is 46.1 Å². The number of fused-ring (bicyclic) bond motifs is 1. The summed E-state index contributed by atoms with van der Waals surface area (Å²) in [4.78, 5) is 4.67. The molecule has 0 saturated heterocycles. The number of nitrogens with zero attached hydrogens (tertiary/aromatic N) is 1. The lowest BCUT2D eigenvalue weighted by molar-refractivity contribution is 0.271. The van der Waals surface area contributed by atoms with Gasteiger partial charge in [-0.05, 0) is 43.2 Å². The second kappa shape index (κ2) is 8.19. The maximum Gasteiger partial charge on any atom is 0.217 e. The van der Waals surface area contributed by atoms with Crippen LogP contribution in [0.5, 0.6) is 11.6 Å². The Morgan fingerprint density at radius 1 is 0.957 bits per heavy atom. The normalized spacial score (nSPS) is 11.4. The van der Waals surface area contributed by atoms with Crippen molar-refractivity contribution in [2.24, 2.45) is 11.8 Å². The molecule has 0 atom stereocenters. The van der Waals surface area contributed by atoms with E-state index in [1.54, 1.807) is 0 Å². The van der Waals surface area contributed by atoms with E-state index in [4.69, 9.17) is 9.47 Å². The third-order valence-corrected chi connectivity index (χ3v) is 3.88. The fraction of sp³-hybridized carbons (Fsp3) is 0.550. The molecule has 0 N–H and O–H groups in total. The van der Waals surface area contributed by atoms with E-state index < -0.39 is 0 Å². The predicted molar refractivity (Wildman–Crippen MR) is 96.4 cm³/mol. The van der Waals surface area contributed by atoms with Crippen molar-refractivity contribution in [2.45, 2.75) is 47.5 Å². The first-order chi connectivity index (χ1) is 11.0. The molecule has 2 aromatic rings. The van der Waals surface area contributed by atoms with E-state index in [9.17, 15) is 0 Å². The lowest BCUT2D eigenvalue weighted by atomic mass is 10.1. The molecule has 0 spiro atoms. The van der Waals surface area contributed by atoms with Crippen LogP contribution in [0.3, 0.4) is 0 Å². The highest BCUT2D eigenvalue weighted by atomic mass is 16.5. The topological polar surface area (TPSA) is 31.4 Å². The van der Waals surface area contributed by atoms with Gasteiger partial charge in [0.2, 0.25) is 5.88 Å². The van der Waals surface area contributed by atoms with Gasteiger partial charge in [-0.1, -0.05) is 39.8 Å². The lowest BCUT2D eigenvalue weighted by Crippen LogP contribution is -2.05. The standard InChI is InChI=1S/C20H29NO2/c1-14(2)9-11-22-18-13-19(23-12-10-15(3)4)21-20-16(5)7-6-8-17(18)20/h6-8,13-15H,9-12H2,1-5H3. The Morgan fingerprint density at radius 3 is 2.26 bits per heavy atom. The minimum Gasteiger partial charge on any atom is -0.493 e. The van der Waals surface area contributed by atoms with Crippen molar-refractivity contribution in [3.05, 3.63) is 29.8 Å². The minimum atomic E-state index is 0.624. The largest absolute Gasteiger partial charge is 0.493 e. The number of hydrogen-bond donors (Lipinski definition) is 0. The summed E-state index contributed by atoms with van der Waals surface area (Å²) in [5.41, 5.74) is 2.11. The molecule has 1 aromatic carbocycles. The molecule has 23 heavy (non-hydrogen) atoms. The van der Waals surface area contributed by atoms with Crippen LogP contribution in [0.15, 0.2) is 24.3 Å². The highest BCUT2D eigenvalue weighted by molar-refractivity contribution is 5.88. The van der Waals surface area contributed by atoms with Crippen molar-refractivity contribution in [1.82, 2.24) is 4.98 Å². The molecular formula is C20H29NO2. The first kappa shape index (κ1) is 17.6. The molecule has 0 bridgehead atoms. The molecule has 0 fully saturated rings. The highest BCUT2D eigenvalue weighted by Gasteiger charge is 2.10. The van der Waals surface area contributed by atoms with Gasteiger partial charge in [-0.2, -0.15) is 0 Å². The number of pyridine rings is 1. The average Bonchev–Trinajstić information content (AvgIpc) is 2.47. The summed E-state index contributed by atoms with van der Waals surface area (Å²) in [7, 11) is 0. The molecule has 3 heteroatoms.